The molecule has 0 saturated carbocycles. The maximum absolute atomic E-state index is 12.2. The summed E-state index contributed by atoms with van der Waals surface area (Å²) in [6.07, 6.45) is 1.11. The molecule has 0 aromatic carbocycles. The number of hydrogen-bond acceptors (Lipinski definition) is 3. The predicted molar refractivity (Wildman–Crippen MR) is 85.6 cm³/mol. The van der Waals surface area contributed by atoms with E-state index < -0.39 is 0 Å². The normalized spacial score (nSPS) is 13.3. The van der Waals surface area contributed by atoms with Gasteiger partial charge in [0.25, 0.3) is 0 Å². The van der Waals surface area contributed by atoms with Crippen LogP contribution < -0.4 is 0 Å². The summed E-state index contributed by atoms with van der Waals surface area (Å²) in [5.74, 6) is 0.821. The van der Waals surface area contributed by atoms with Crippen LogP contribution >= 0.6 is 43.2 Å². The standard InChI is InChI=1S/C13H19Br2NOS/c1-8(2)5-9(3)16(4)7-11(17)10-6-12(14)18-13(10)15/h6,8-9H,5,7H2,1-4H3. The zero-order chi connectivity index (χ0) is 13.9. The van der Waals surface area contributed by atoms with E-state index in [0.717, 1.165) is 19.6 Å². The van der Waals surface area contributed by atoms with Crippen LogP contribution in [0.3, 0.4) is 0 Å². The van der Waals surface area contributed by atoms with E-state index in [4.69, 9.17) is 0 Å². The summed E-state index contributed by atoms with van der Waals surface area (Å²) in [5, 5.41) is 0. The van der Waals surface area contributed by atoms with E-state index in [1.807, 2.05) is 13.1 Å². The first-order valence-electron chi connectivity index (χ1n) is 5.99. The fourth-order valence-electron chi connectivity index (χ4n) is 1.86. The minimum Gasteiger partial charge on any atom is -0.296 e. The van der Waals surface area contributed by atoms with Crippen molar-refractivity contribution in [3.8, 4) is 0 Å². The molecule has 0 bridgehead atoms. The molecule has 2 nitrogen and oxygen atoms in total. The summed E-state index contributed by atoms with van der Waals surface area (Å²) in [7, 11) is 2.01. The first-order chi connectivity index (χ1) is 8.31. The summed E-state index contributed by atoms with van der Waals surface area (Å²) in [6, 6.07) is 2.31. The first-order valence-corrected chi connectivity index (χ1v) is 8.39. The molecule has 1 heterocycles. The predicted octanol–water partition coefficient (Wildman–Crippen LogP) is 4.82. The van der Waals surface area contributed by atoms with Crippen LogP contribution in [0.25, 0.3) is 0 Å². The molecule has 0 aliphatic heterocycles. The molecule has 0 fully saturated rings. The van der Waals surface area contributed by atoms with Gasteiger partial charge < -0.3 is 0 Å². The van der Waals surface area contributed by atoms with Crippen molar-refractivity contribution in [2.45, 2.75) is 33.2 Å². The van der Waals surface area contributed by atoms with Gasteiger partial charge in [-0.1, -0.05) is 13.8 Å². The average molecular weight is 397 g/mol. The average Bonchev–Trinajstić information content (AvgIpc) is 2.56. The minimum atomic E-state index is 0.168. The van der Waals surface area contributed by atoms with Gasteiger partial charge in [-0.2, -0.15) is 0 Å². The zero-order valence-electron chi connectivity index (χ0n) is 11.2. The molecule has 18 heavy (non-hydrogen) atoms. The molecule has 1 rings (SSSR count). The van der Waals surface area contributed by atoms with E-state index in [2.05, 4.69) is 57.5 Å². The lowest BCUT2D eigenvalue weighted by Crippen LogP contribution is -2.34. The Balaban J connectivity index is 2.62. The van der Waals surface area contributed by atoms with Crippen molar-refractivity contribution in [3.63, 3.8) is 0 Å². The summed E-state index contributed by atoms with van der Waals surface area (Å²) < 4.78 is 1.89. The first kappa shape index (κ1) is 16.3. The Morgan fingerprint density at radius 1 is 1.39 bits per heavy atom. The number of halogens is 2. The number of likely N-dealkylation sites (N-methyl/N-ethyl adjacent to an activating group) is 1. The molecule has 0 amide bonds. The van der Waals surface area contributed by atoms with Crippen molar-refractivity contribution in [2.75, 3.05) is 13.6 Å². The molecule has 0 aliphatic rings. The van der Waals surface area contributed by atoms with Gasteiger partial charge >= 0.3 is 0 Å². The highest BCUT2D eigenvalue weighted by atomic mass is 79.9. The van der Waals surface area contributed by atoms with Gasteiger partial charge in [0.1, 0.15) is 0 Å². The highest BCUT2D eigenvalue weighted by Crippen LogP contribution is 2.32. The quantitative estimate of drug-likeness (QED) is 0.642. The molecular formula is C13H19Br2NOS. The summed E-state index contributed by atoms with van der Waals surface area (Å²) >= 11 is 8.37. The Hall–Kier alpha value is 0.290. The molecule has 0 radical (unpaired) electrons. The number of carbonyl (C=O) groups excluding carboxylic acids is 1. The molecule has 1 aromatic rings. The maximum atomic E-state index is 12.2. The van der Waals surface area contributed by atoms with Gasteiger partial charge in [-0.05, 0) is 64.2 Å². The van der Waals surface area contributed by atoms with Gasteiger partial charge in [0.15, 0.2) is 5.78 Å². The molecule has 102 valence electrons. The molecule has 1 aromatic heterocycles. The lowest BCUT2D eigenvalue weighted by atomic mass is 10.0. The van der Waals surface area contributed by atoms with Crippen LogP contribution in [0.4, 0.5) is 0 Å². The Morgan fingerprint density at radius 2 is 2.00 bits per heavy atom. The smallest absolute Gasteiger partial charge is 0.178 e. The van der Waals surface area contributed by atoms with Crippen LogP contribution in [-0.4, -0.2) is 30.3 Å². The summed E-state index contributed by atoms with van der Waals surface area (Å²) in [5.41, 5.74) is 0.774. The number of rotatable bonds is 6. The Morgan fingerprint density at radius 3 is 2.44 bits per heavy atom. The van der Waals surface area contributed by atoms with Crippen molar-refractivity contribution in [3.05, 3.63) is 19.2 Å². The van der Waals surface area contributed by atoms with E-state index >= 15 is 0 Å². The Bertz CT molecular complexity index is 417. The van der Waals surface area contributed by atoms with Crippen LogP contribution in [0.5, 0.6) is 0 Å². The highest BCUT2D eigenvalue weighted by Gasteiger charge is 2.18. The third-order valence-corrected chi connectivity index (χ3v) is 5.25. The Kier molecular flexibility index (Phi) is 6.51. The molecule has 5 heteroatoms. The van der Waals surface area contributed by atoms with Crippen LogP contribution in [0.2, 0.25) is 0 Å². The van der Waals surface area contributed by atoms with Gasteiger partial charge in [-0.3, -0.25) is 9.69 Å². The largest absolute Gasteiger partial charge is 0.296 e. The van der Waals surface area contributed by atoms with Gasteiger partial charge in [0.05, 0.1) is 14.1 Å². The fourth-order valence-corrected chi connectivity index (χ4v) is 4.72. The summed E-state index contributed by atoms with van der Waals surface area (Å²) in [6.45, 7) is 7.05. The number of Topliss-reactive ketones (excluding diaryl/α,β-unsaturated/α-hetero) is 1. The number of hydrogen-bond donors (Lipinski definition) is 0. The highest BCUT2D eigenvalue weighted by molar-refractivity contribution is 9.12. The van der Waals surface area contributed by atoms with Gasteiger partial charge in [-0.15, -0.1) is 11.3 Å². The second-order valence-corrected chi connectivity index (χ2v) is 8.80. The topological polar surface area (TPSA) is 20.3 Å². The van der Waals surface area contributed by atoms with Crippen molar-refractivity contribution in [1.82, 2.24) is 4.90 Å². The lowest BCUT2D eigenvalue weighted by Gasteiger charge is -2.25. The maximum Gasteiger partial charge on any atom is 0.178 e. The molecule has 1 atom stereocenters. The van der Waals surface area contributed by atoms with Crippen LogP contribution in [0, 0.1) is 5.92 Å². The number of nitrogens with zero attached hydrogens (tertiary/aromatic N) is 1. The number of carbonyl (C=O) groups is 1. The van der Waals surface area contributed by atoms with E-state index in [0.29, 0.717) is 18.5 Å². The SMILES string of the molecule is CC(C)CC(C)N(C)CC(=O)c1cc(Br)sc1Br. The van der Waals surface area contributed by atoms with Crippen molar-refractivity contribution < 1.29 is 4.79 Å². The van der Waals surface area contributed by atoms with Crippen LogP contribution in [0.1, 0.15) is 37.6 Å². The molecule has 0 spiro atoms. The van der Waals surface area contributed by atoms with Crippen LogP contribution in [0.15, 0.2) is 13.6 Å². The molecule has 0 N–H and O–H groups in total. The molecule has 0 aliphatic carbocycles. The van der Waals surface area contributed by atoms with Crippen LogP contribution in [-0.2, 0) is 0 Å². The minimum absolute atomic E-state index is 0.168. The third kappa shape index (κ3) is 4.76. The van der Waals surface area contributed by atoms with Gasteiger partial charge in [0.2, 0.25) is 0 Å². The van der Waals surface area contributed by atoms with E-state index in [9.17, 15) is 4.79 Å². The molecule has 0 saturated heterocycles. The molecular weight excluding hydrogens is 378 g/mol. The second-order valence-electron chi connectivity index (χ2n) is 5.05. The second kappa shape index (κ2) is 7.17. The van der Waals surface area contributed by atoms with E-state index in [-0.39, 0.29) is 5.78 Å². The van der Waals surface area contributed by atoms with Gasteiger partial charge in [0, 0.05) is 11.6 Å². The summed E-state index contributed by atoms with van der Waals surface area (Å²) in [4.78, 5) is 14.3. The molecule has 1 unspecified atom stereocenters. The van der Waals surface area contributed by atoms with Crippen molar-refractivity contribution >= 4 is 49.0 Å². The Labute approximate surface area is 130 Å². The van der Waals surface area contributed by atoms with Crippen molar-refractivity contribution in [2.24, 2.45) is 5.92 Å². The monoisotopic (exact) mass is 395 g/mol. The van der Waals surface area contributed by atoms with Gasteiger partial charge in [-0.25, -0.2) is 0 Å². The zero-order valence-corrected chi connectivity index (χ0v) is 15.2. The fraction of sp³-hybridized carbons (Fsp3) is 0.615. The lowest BCUT2D eigenvalue weighted by molar-refractivity contribution is 0.0916. The number of ketones is 1. The number of thiophene rings is 1. The third-order valence-electron chi connectivity index (χ3n) is 2.92. The van der Waals surface area contributed by atoms with E-state index in [1.165, 1.54) is 11.3 Å². The van der Waals surface area contributed by atoms with E-state index in [1.54, 1.807) is 0 Å². The van der Waals surface area contributed by atoms with Crippen molar-refractivity contribution in [1.29, 1.82) is 0 Å².